The molecule has 2 aromatic rings. The minimum Gasteiger partial charge on any atom is -0.358 e. The highest BCUT2D eigenvalue weighted by Crippen LogP contribution is 2.38. The second kappa shape index (κ2) is 8.72. The molecule has 0 aromatic heterocycles. The van der Waals surface area contributed by atoms with Gasteiger partial charge in [0, 0.05) is 13.6 Å². The van der Waals surface area contributed by atoms with Gasteiger partial charge in [-0.2, -0.15) is 4.31 Å². The van der Waals surface area contributed by atoms with Gasteiger partial charge in [0.1, 0.15) is 6.04 Å². The normalized spacial score (nSPS) is 17.7. The number of rotatable bonds is 5. The number of sulfonamides is 1. The van der Waals surface area contributed by atoms with E-state index in [1.165, 1.54) is 31.3 Å². The van der Waals surface area contributed by atoms with Gasteiger partial charge in [-0.05, 0) is 43.2 Å². The van der Waals surface area contributed by atoms with E-state index in [1.54, 1.807) is 6.07 Å². The molecule has 2 heterocycles. The van der Waals surface area contributed by atoms with Crippen LogP contribution in [0.25, 0.3) is 0 Å². The lowest BCUT2D eigenvalue weighted by atomic mass is 10.1. The molecule has 12 heteroatoms. The van der Waals surface area contributed by atoms with Crippen LogP contribution in [0.4, 0.5) is 17.1 Å². The zero-order valence-electron chi connectivity index (χ0n) is 16.9. The fourth-order valence-electron chi connectivity index (χ4n) is 3.85. The maximum atomic E-state index is 13.0. The van der Waals surface area contributed by atoms with Gasteiger partial charge >= 0.3 is 0 Å². The second-order valence-electron chi connectivity index (χ2n) is 7.58. The first-order valence-electron chi connectivity index (χ1n) is 9.70. The summed E-state index contributed by atoms with van der Waals surface area (Å²) >= 11 is 17.9. The van der Waals surface area contributed by atoms with Crippen LogP contribution in [-0.4, -0.2) is 50.7 Å². The number of likely N-dealkylation sites (N-methyl/N-ethyl adjacent to an activating group) is 1. The largest absolute Gasteiger partial charge is 0.358 e. The third-order valence-corrected chi connectivity index (χ3v) is 8.28. The molecule has 2 aliphatic heterocycles. The van der Waals surface area contributed by atoms with E-state index in [1.807, 2.05) is 4.90 Å². The zero-order chi connectivity index (χ0) is 23.2. The van der Waals surface area contributed by atoms with Crippen LogP contribution >= 0.6 is 34.8 Å². The van der Waals surface area contributed by atoms with Crippen LogP contribution in [0.5, 0.6) is 0 Å². The SMILES string of the molecule is CN(CC(=O)Nc1cc(Cl)c(Cl)cc1Cl)S(=O)(=O)c1ccc2c(c1)NC(=O)C1CCCN21. The molecule has 1 saturated heterocycles. The highest BCUT2D eigenvalue weighted by Gasteiger charge is 2.37. The monoisotopic (exact) mass is 516 g/mol. The summed E-state index contributed by atoms with van der Waals surface area (Å²) in [7, 11) is -2.71. The van der Waals surface area contributed by atoms with Crippen LogP contribution in [0.3, 0.4) is 0 Å². The summed E-state index contributed by atoms with van der Waals surface area (Å²) < 4.78 is 27.0. The van der Waals surface area contributed by atoms with Crippen LogP contribution in [0.15, 0.2) is 35.2 Å². The molecule has 1 unspecified atom stereocenters. The van der Waals surface area contributed by atoms with E-state index in [0.717, 1.165) is 29.4 Å². The number of hydrogen-bond acceptors (Lipinski definition) is 5. The predicted molar refractivity (Wildman–Crippen MR) is 125 cm³/mol. The van der Waals surface area contributed by atoms with Crippen molar-refractivity contribution in [3.8, 4) is 0 Å². The first-order valence-corrected chi connectivity index (χ1v) is 12.3. The molecule has 1 atom stereocenters. The lowest BCUT2D eigenvalue weighted by Gasteiger charge is -2.33. The zero-order valence-corrected chi connectivity index (χ0v) is 19.9. The van der Waals surface area contributed by atoms with Crippen molar-refractivity contribution < 1.29 is 18.0 Å². The summed E-state index contributed by atoms with van der Waals surface area (Å²) in [5, 5.41) is 5.92. The van der Waals surface area contributed by atoms with Crippen molar-refractivity contribution >= 4 is 73.7 Å². The van der Waals surface area contributed by atoms with Crippen molar-refractivity contribution in [2.24, 2.45) is 0 Å². The molecular formula is C20H19Cl3N4O4S. The Morgan fingerprint density at radius 3 is 2.66 bits per heavy atom. The topological polar surface area (TPSA) is 98.8 Å². The number of halogens is 3. The van der Waals surface area contributed by atoms with Gasteiger partial charge in [-0.15, -0.1) is 0 Å². The average molecular weight is 518 g/mol. The number of carbonyl (C=O) groups is 2. The molecule has 32 heavy (non-hydrogen) atoms. The van der Waals surface area contributed by atoms with Crippen LogP contribution in [0.1, 0.15) is 12.8 Å². The number of hydrogen-bond donors (Lipinski definition) is 2. The average Bonchev–Trinajstić information content (AvgIpc) is 3.22. The lowest BCUT2D eigenvalue weighted by Crippen LogP contribution is -2.44. The Labute approximate surface area is 200 Å². The molecule has 2 aliphatic rings. The standard InChI is InChI=1S/C20H19Cl3N4O4S/c1-26(10-19(28)24-15-9-13(22)12(21)8-14(15)23)32(30,31)11-4-5-17-16(7-11)25-20(29)18-3-2-6-27(17)18/h4-5,7-9,18H,2-3,6,10H2,1H3,(H,24,28)(H,25,29). The van der Waals surface area contributed by atoms with Gasteiger partial charge in [-0.1, -0.05) is 34.8 Å². The quantitative estimate of drug-likeness (QED) is 0.588. The summed E-state index contributed by atoms with van der Waals surface area (Å²) in [4.78, 5) is 26.7. The summed E-state index contributed by atoms with van der Waals surface area (Å²) in [6, 6.07) is 7.13. The molecule has 2 amide bonds. The van der Waals surface area contributed by atoms with Gasteiger partial charge in [0.15, 0.2) is 0 Å². The molecule has 0 spiro atoms. The molecule has 4 rings (SSSR count). The fourth-order valence-corrected chi connectivity index (χ4v) is 5.59. The summed E-state index contributed by atoms with van der Waals surface area (Å²) in [5.41, 5.74) is 1.45. The summed E-state index contributed by atoms with van der Waals surface area (Å²) in [5.74, 6) is -0.752. The van der Waals surface area contributed by atoms with Crippen molar-refractivity contribution in [1.29, 1.82) is 0 Å². The molecule has 170 valence electrons. The van der Waals surface area contributed by atoms with E-state index >= 15 is 0 Å². The van der Waals surface area contributed by atoms with Gasteiger partial charge in [0.25, 0.3) is 0 Å². The third-order valence-electron chi connectivity index (χ3n) is 5.45. The fraction of sp³-hybridized carbons (Fsp3) is 0.300. The van der Waals surface area contributed by atoms with Gasteiger partial charge < -0.3 is 15.5 Å². The number of amides is 2. The molecule has 0 bridgehead atoms. The Morgan fingerprint density at radius 2 is 1.91 bits per heavy atom. The van der Waals surface area contributed by atoms with E-state index < -0.39 is 22.5 Å². The van der Waals surface area contributed by atoms with E-state index in [2.05, 4.69) is 10.6 Å². The maximum Gasteiger partial charge on any atom is 0.247 e. The van der Waals surface area contributed by atoms with Crippen molar-refractivity contribution in [2.75, 3.05) is 35.7 Å². The molecule has 2 aromatic carbocycles. The van der Waals surface area contributed by atoms with Crippen molar-refractivity contribution in [3.63, 3.8) is 0 Å². The van der Waals surface area contributed by atoms with E-state index in [-0.39, 0.29) is 37.6 Å². The Kier molecular flexibility index (Phi) is 6.30. The maximum absolute atomic E-state index is 13.0. The number of fused-ring (bicyclic) bond motifs is 3. The number of carbonyl (C=O) groups excluding carboxylic acids is 2. The lowest BCUT2D eigenvalue weighted by molar-refractivity contribution is -0.117. The number of benzene rings is 2. The molecule has 0 radical (unpaired) electrons. The van der Waals surface area contributed by atoms with Crippen molar-refractivity contribution in [1.82, 2.24) is 4.31 Å². The van der Waals surface area contributed by atoms with Gasteiger partial charge in [-0.25, -0.2) is 8.42 Å². The summed E-state index contributed by atoms with van der Waals surface area (Å²) in [6.07, 6.45) is 1.67. The molecule has 0 aliphatic carbocycles. The minimum absolute atomic E-state index is 0.0305. The number of nitrogens with zero attached hydrogens (tertiary/aromatic N) is 2. The molecular weight excluding hydrogens is 499 g/mol. The molecule has 8 nitrogen and oxygen atoms in total. The third kappa shape index (κ3) is 4.27. The van der Waals surface area contributed by atoms with Gasteiger partial charge in [0.05, 0.1) is 43.6 Å². The van der Waals surface area contributed by atoms with Crippen LogP contribution in [-0.2, 0) is 19.6 Å². The van der Waals surface area contributed by atoms with Gasteiger partial charge in [0.2, 0.25) is 21.8 Å². The highest BCUT2D eigenvalue weighted by atomic mass is 35.5. The molecule has 2 N–H and O–H groups in total. The molecule has 0 saturated carbocycles. The van der Waals surface area contributed by atoms with Crippen LogP contribution in [0, 0.1) is 0 Å². The van der Waals surface area contributed by atoms with Crippen LogP contribution in [0.2, 0.25) is 15.1 Å². The van der Waals surface area contributed by atoms with Crippen molar-refractivity contribution in [3.05, 3.63) is 45.4 Å². The Morgan fingerprint density at radius 1 is 1.19 bits per heavy atom. The molecule has 1 fully saturated rings. The Balaban J connectivity index is 1.51. The first-order chi connectivity index (χ1) is 15.1. The van der Waals surface area contributed by atoms with E-state index in [0.29, 0.717) is 5.69 Å². The minimum atomic E-state index is -4.00. The van der Waals surface area contributed by atoms with Gasteiger partial charge in [-0.3, -0.25) is 9.59 Å². The van der Waals surface area contributed by atoms with Crippen molar-refractivity contribution in [2.45, 2.75) is 23.8 Å². The summed E-state index contributed by atoms with van der Waals surface area (Å²) in [6.45, 7) is 0.283. The van der Waals surface area contributed by atoms with E-state index in [4.69, 9.17) is 34.8 Å². The predicted octanol–water partition coefficient (Wildman–Crippen LogP) is 3.83. The Bertz CT molecular complexity index is 1220. The Hall–Kier alpha value is -2.04. The smallest absolute Gasteiger partial charge is 0.247 e. The second-order valence-corrected chi connectivity index (χ2v) is 10.8. The number of nitrogens with one attached hydrogen (secondary N) is 2. The van der Waals surface area contributed by atoms with Crippen LogP contribution < -0.4 is 15.5 Å². The van der Waals surface area contributed by atoms with E-state index in [9.17, 15) is 18.0 Å². The number of anilines is 3. The first kappa shape index (κ1) is 23.1. The highest BCUT2D eigenvalue weighted by molar-refractivity contribution is 7.89.